The van der Waals surface area contributed by atoms with Gasteiger partial charge in [0.2, 0.25) is 18.1 Å². The summed E-state index contributed by atoms with van der Waals surface area (Å²) in [7, 11) is 0. The molecule has 2 amide bonds. The SMILES string of the molecule is CCN(CC)C(=O)CCN1C(Nc2ccc(OCCCN3CCCCC3)c(F)c2)=NC=CC1OC(=O)N(c1ccccc1)c1c(C)cccc1C. The molecule has 0 bridgehead atoms. The van der Waals surface area contributed by atoms with Crippen LogP contribution < -0.4 is 15.0 Å². The van der Waals surface area contributed by atoms with Crippen molar-refractivity contribution in [2.75, 3.05) is 56.1 Å². The lowest BCUT2D eigenvalue weighted by molar-refractivity contribution is -0.131. The number of hydrogen-bond acceptors (Lipinski definition) is 8. The molecule has 10 nitrogen and oxygen atoms in total. The Bertz CT molecular complexity index is 1650. The minimum absolute atomic E-state index is 0.0340. The summed E-state index contributed by atoms with van der Waals surface area (Å²) in [4.78, 5) is 39.3. The number of hydrogen-bond donors (Lipinski definition) is 1. The highest BCUT2D eigenvalue weighted by Crippen LogP contribution is 2.33. The zero-order valence-electron chi connectivity index (χ0n) is 30.3. The van der Waals surface area contributed by atoms with Crippen LogP contribution in [0.4, 0.5) is 26.2 Å². The second-order valence-corrected chi connectivity index (χ2v) is 12.9. The Morgan fingerprint density at radius 3 is 2.35 bits per heavy atom. The van der Waals surface area contributed by atoms with E-state index in [1.54, 1.807) is 39.1 Å². The van der Waals surface area contributed by atoms with E-state index in [1.165, 1.54) is 25.3 Å². The number of carbonyl (C=O) groups is 2. The number of nitrogens with zero attached hydrogens (tertiary/aromatic N) is 5. The zero-order chi connectivity index (χ0) is 36.2. The summed E-state index contributed by atoms with van der Waals surface area (Å²) in [6, 6.07) is 19.9. The van der Waals surface area contributed by atoms with Gasteiger partial charge < -0.3 is 29.5 Å². The third kappa shape index (κ3) is 9.88. The topological polar surface area (TPSA) is 90.0 Å². The van der Waals surface area contributed by atoms with Crippen molar-refractivity contribution in [3.05, 3.63) is 96.0 Å². The minimum atomic E-state index is -0.912. The zero-order valence-corrected chi connectivity index (χ0v) is 30.3. The van der Waals surface area contributed by atoms with Crippen molar-refractivity contribution in [2.24, 2.45) is 4.99 Å². The molecule has 51 heavy (non-hydrogen) atoms. The number of nitrogens with one attached hydrogen (secondary N) is 1. The van der Waals surface area contributed by atoms with Crippen molar-refractivity contribution in [1.82, 2.24) is 14.7 Å². The Morgan fingerprint density at radius 1 is 0.941 bits per heavy atom. The summed E-state index contributed by atoms with van der Waals surface area (Å²) in [6.07, 6.45) is 6.45. The Labute approximate surface area is 301 Å². The average molecular weight is 699 g/mol. The highest BCUT2D eigenvalue weighted by molar-refractivity contribution is 5.99. The van der Waals surface area contributed by atoms with E-state index in [2.05, 4.69) is 15.2 Å². The summed E-state index contributed by atoms with van der Waals surface area (Å²) in [6.45, 7) is 12.8. The molecule has 2 aliphatic rings. The number of carbonyl (C=O) groups excluding carboxylic acids is 2. The molecule has 1 N–H and O–H groups in total. The van der Waals surface area contributed by atoms with Gasteiger partial charge in [0.1, 0.15) is 0 Å². The molecule has 2 aliphatic heterocycles. The molecule has 0 saturated carbocycles. The number of guanidine groups is 1. The van der Waals surface area contributed by atoms with E-state index in [0.29, 0.717) is 37.0 Å². The monoisotopic (exact) mass is 698 g/mol. The first-order valence-electron chi connectivity index (χ1n) is 18.1. The third-order valence-electron chi connectivity index (χ3n) is 9.30. The van der Waals surface area contributed by atoms with Crippen LogP contribution in [0.2, 0.25) is 0 Å². The number of benzene rings is 3. The first-order valence-corrected chi connectivity index (χ1v) is 18.1. The number of aliphatic imine (C=N–C) groups is 1. The lowest BCUT2D eigenvalue weighted by Gasteiger charge is -2.36. The van der Waals surface area contributed by atoms with Crippen molar-refractivity contribution in [2.45, 2.75) is 66.0 Å². The van der Waals surface area contributed by atoms with Crippen LogP contribution in [0.15, 0.2) is 84.0 Å². The maximum atomic E-state index is 15.3. The number of rotatable bonds is 14. The van der Waals surface area contributed by atoms with E-state index in [9.17, 15) is 9.59 Å². The first kappa shape index (κ1) is 37.4. The lowest BCUT2D eigenvalue weighted by atomic mass is 10.1. The summed E-state index contributed by atoms with van der Waals surface area (Å²) in [5.74, 6) is -0.0298. The van der Waals surface area contributed by atoms with Crippen molar-refractivity contribution >= 4 is 35.0 Å². The van der Waals surface area contributed by atoms with Gasteiger partial charge in [0.05, 0.1) is 18.0 Å². The molecule has 0 aliphatic carbocycles. The van der Waals surface area contributed by atoms with Gasteiger partial charge in [-0.15, -0.1) is 0 Å². The quantitative estimate of drug-likeness (QED) is 0.172. The van der Waals surface area contributed by atoms with Crippen LogP contribution in [-0.2, 0) is 9.53 Å². The molecule has 1 saturated heterocycles. The Morgan fingerprint density at radius 2 is 1.67 bits per heavy atom. The van der Waals surface area contributed by atoms with Gasteiger partial charge in [-0.2, -0.15) is 0 Å². The average Bonchev–Trinajstić information content (AvgIpc) is 3.13. The highest BCUT2D eigenvalue weighted by Gasteiger charge is 2.31. The summed E-state index contributed by atoms with van der Waals surface area (Å²) < 4.78 is 27.3. The minimum Gasteiger partial charge on any atom is -0.490 e. The summed E-state index contributed by atoms with van der Waals surface area (Å²) in [5.41, 5.74) is 3.65. The van der Waals surface area contributed by atoms with Gasteiger partial charge >= 0.3 is 6.09 Å². The van der Waals surface area contributed by atoms with E-state index in [-0.39, 0.29) is 24.6 Å². The van der Waals surface area contributed by atoms with Crippen LogP contribution in [0.5, 0.6) is 5.75 Å². The summed E-state index contributed by atoms with van der Waals surface area (Å²) >= 11 is 0. The predicted molar refractivity (Wildman–Crippen MR) is 201 cm³/mol. The second kappa shape index (κ2) is 18.4. The van der Waals surface area contributed by atoms with Crippen LogP contribution in [0.1, 0.15) is 57.1 Å². The first-order chi connectivity index (χ1) is 24.8. The number of likely N-dealkylation sites (tertiary alicyclic amines) is 1. The fourth-order valence-corrected chi connectivity index (χ4v) is 6.57. The van der Waals surface area contributed by atoms with Crippen molar-refractivity contribution < 1.29 is 23.5 Å². The number of anilines is 3. The highest BCUT2D eigenvalue weighted by atomic mass is 19.1. The van der Waals surface area contributed by atoms with Gasteiger partial charge in [-0.25, -0.2) is 19.1 Å². The standard InChI is InChI=1S/C40H51FN6O4/c1-5-45(6-2)36(48)22-27-46-37(51-40(49)47(33-17-9-7-10-18-33)38-30(3)15-13-16-31(38)4)21-23-42-39(46)43-32-19-20-35(34(41)29-32)50-28-14-26-44-24-11-8-12-25-44/h7,9-10,13,15-21,23,29,37H,5-6,8,11-12,14,22,24-28H2,1-4H3,(H,42,43). The molecule has 272 valence electrons. The maximum Gasteiger partial charge on any atom is 0.421 e. The van der Waals surface area contributed by atoms with Crippen LogP contribution in [0.25, 0.3) is 0 Å². The largest absolute Gasteiger partial charge is 0.490 e. The Kier molecular flexibility index (Phi) is 13.5. The Balaban J connectivity index is 1.33. The molecule has 1 atom stereocenters. The van der Waals surface area contributed by atoms with Crippen molar-refractivity contribution in [3.63, 3.8) is 0 Å². The van der Waals surface area contributed by atoms with Gasteiger partial charge in [-0.3, -0.25) is 4.79 Å². The van der Waals surface area contributed by atoms with E-state index >= 15 is 4.39 Å². The molecule has 11 heteroatoms. The lowest BCUT2D eigenvalue weighted by Crippen LogP contribution is -2.49. The fraction of sp³-hybridized carbons (Fsp3) is 0.425. The predicted octanol–water partition coefficient (Wildman–Crippen LogP) is 7.85. The second-order valence-electron chi connectivity index (χ2n) is 12.9. The molecule has 5 rings (SSSR count). The van der Waals surface area contributed by atoms with Crippen LogP contribution in [0, 0.1) is 19.7 Å². The molecule has 0 radical (unpaired) electrons. The number of ether oxygens (including phenoxy) is 2. The number of piperidine rings is 1. The van der Waals surface area contributed by atoms with Crippen LogP contribution in [0.3, 0.4) is 0 Å². The molecular formula is C40H51FN6O4. The van der Waals surface area contributed by atoms with Gasteiger partial charge in [0.25, 0.3) is 0 Å². The third-order valence-corrected chi connectivity index (χ3v) is 9.30. The van der Waals surface area contributed by atoms with E-state index < -0.39 is 18.1 Å². The molecule has 0 aromatic heterocycles. The van der Waals surface area contributed by atoms with Crippen LogP contribution >= 0.6 is 0 Å². The van der Waals surface area contributed by atoms with Gasteiger partial charge in [0, 0.05) is 50.6 Å². The summed E-state index contributed by atoms with van der Waals surface area (Å²) in [5, 5.41) is 3.20. The molecular weight excluding hydrogens is 647 g/mol. The van der Waals surface area contributed by atoms with Gasteiger partial charge in [-0.1, -0.05) is 42.8 Å². The number of halogens is 1. The van der Waals surface area contributed by atoms with E-state index in [0.717, 1.165) is 42.9 Å². The van der Waals surface area contributed by atoms with E-state index in [4.69, 9.17) is 9.47 Å². The number of para-hydroxylation sites is 2. The molecule has 2 heterocycles. The van der Waals surface area contributed by atoms with Crippen LogP contribution in [-0.4, -0.2) is 84.8 Å². The number of amides is 2. The van der Waals surface area contributed by atoms with E-state index in [1.807, 2.05) is 76.2 Å². The maximum absolute atomic E-state index is 15.3. The molecule has 1 fully saturated rings. The van der Waals surface area contributed by atoms with Crippen molar-refractivity contribution in [1.29, 1.82) is 0 Å². The van der Waals surface area contributed by atoms with Gasteiger partial charge in [0.15, 0.2) is 11.6 Å². The Hall–Kier alpha value is -4.90. The normalized spacial score (nSPS) is 16.0. The van der Waals surface area contributed by atoms with Crippen molar-refractivity contribution in [3.8, 4) is 5.75 Å². The fourth-order valence-electron chi connectivity index (χ4n) is 6.57. The molecule has 3 aromatic carbocycles. The van der Waals surface area contributed by atoms with Gasteiger partial charge in [-0.05, 0) is 102 Å². The number of aryl methyl sites for hydroxylation is 2. The molecule has 3 aromatic rings. The molecule has 1 unspecified atom stereocenters. The smallest absolute Gasteiger partial charge is 0.421 e. The molecule has 0 spiro atoms.